The van der Waals surface area contributed by atoms with E-state index in [9.17, 15) is 0 Å². The van der Waals surface area contributed by atoms with E-state index in [0.717, 1.165) is 11.0 Å². The molecule has 1 atom stereocenters. The van der Waals surface area contributed by atoms with Gasteiger partial charge in [0.1, 0.15) is 0 Å². The van der Waals surface area contributed by atoms with Crippen LogP contribution in [0.1, 0.15) is 24.1 Å². The van der Waals surface area contributed by atoms with Crippen molar-refractivity contribution in [2.75, 3.05) is 0 Å². The Bertz CT molecular complexity index is 437. The average molecular weight is 279 g/mol. The van der Waals surface area contributed by atoms with Gasteiger partial charge in [0.2, 0.25) is 0 Å². The predicted octanol–water partition coefficient (Wildman–Crippen LogP) is 3.63. The zero-order valence-corrected chi connectivity index (χ0v) is 10.8. The molecule has 0 saturated heterocycles. The van der Waals surface area contributed by atoms with Gasteiger partial charge in [-0.25, -0.2) is 0 Å². The van der Waals surface area contributed by atoms with Crippen LogP contribution in [0.5, 0.6) is 0 Å². The van der Waals surface area contributed by atoms with Gasteiger partial charge in [0.15, 0.2) is 0 Å². The second-order valence-electron chi connectivity index (χ2n) is 3.88. The van der Waals surface area contributed by atoms with Gasteiger partial charge in [-0.15, -0.1) is 0 Å². The van der Waals surface area contributed by atoms with E-state index in [2.05, 4.69) is 57.4 Å². The molecule has 0 unspecified atom stereocenters. The minimum Gasteiger partial charge on any atom is -0.367 e. The number of benzene rings is 1. The summed E-state index contributed by atoms with van der Waals surface area (Å²) < 4.78 is 1.13. The van der Waals surface area contributed by atoms with Gasteiger partial charge in [0, 0.05) is 29.5 Å². The Kier molecular flexibility index (Phi) is 3.80. The number of hydrogen-bond donors (Lipinski definition) is 2. The third-order valence-electron chi connectivity index (χ3n) is 2.62. The molecule has 0 aliphatic rings. The van der Waals surface area contributed by atoms with Crippen molar-refractivity contribution in [1.29, 1.82) is 0 Å². The molecule has 1 aromatic heterocycles. The molecule has 1 aromatic carbocycles. The van der Waals surface area contributed by atoms with Gasteiger partial charge in [-0.05, 0) is 36.2 Å². The van der Waals surface area contributed by atoms with Gasteiger partial charge < -0.3 is 10.3 Å². The van der Waals surface area contributed by atoms with Crippen molar-refractivity contribution in [3.05, 3.63) is 58.3 Å². The van der Waals surface area contributed by atoms with E-state index in [1.165, 1.54) is 11.1 Å². The topological polar surface area (TPSA) is 27.8 Å². The van der Waals surface area contributed by atoms with Gasteiger partial charge in [0.05, 0.1) is 0 Å². The number of nitrogens with one attached hydrogen (secondary N) is 2. The maximum Gasteiger partial charge on any atom is 0.0295 e. The van der Waals surface area contributed by atoms with E-state index >= 15 is 0 Å². The highest BCUT2D eigenvalue weighted by molar-refractivity contribution is 9.10. The summed E-state index contributed by atoms with van der Waals surface area (Å²) in [5.41, 5.74) is 2.58. The summed E-state index contributed by atoms with van der Waals surface area (Å²) in [7, 11) is 0. The summed E-state index contributed by atoms with van der Waals surface area (Å²) in [6.45, 7) is 3.06. The van der Waals surface area contributed by atoms with Gasteiger partial charge in [-0.3, -0.25) is 0 Å². The average Bonchev–Trinajstić information content (AvgIpc) is 2.78. The molecular weight excluding hydrogens is 264 g/mol. The van der Waals surface area contributed by atoms with E-state index in [4.69, 9.17) is 0 Å². The first-order chi connectivity index (χ1) is 7.75. The number of rotatable bonds is 4. The minimum atomic E-state index is 0.354. The molecule has 2 N–H and O–H groups in total. The number of hydrogen-bond acceptors (Lipinski definition) is 1. The van der Waals surface area contributed by atoms with E-state index in [1.807, 2.05) is 18.5 Å². The predicted molar refractivity (Wildman–Crippen MR) is 70.2 cm³/mol. The summed E-state index contributed by atoms with van der Waals surface area (Å²) in [4.78, 5) is 3.05. The molecule has 2 rings (SSSR count). The van der Waals surface area contributed by atoms with Crippen LogP contribution >= 0.6 is 15.9 Å². The van der Waals surface area contributed by atoms with Gasteiger partial charge >= 0.3 is 0 Å². The molecule has 0 saturated carbocycles. The molecule has 0 aliphatic heterocycles. The Morgan fingerprint density at radius 1 is 1.38 bits per heavy atom. The second kappa shape index (κ2) is 5.32. The molecule has 0 bridgehead atoms. The minimum absolute atomic E-state index is 0.354. The lowest BCUT2D eigenvalue weighted by Gasteiger charge is -2.13. The maximum absolute atomic E-state index is 3.49. The quantitative estimate of drug-likeness (QED) is 0.878. The lowest BCUT2D eigenvalue weighted by atomic mass is 10.1. The van der Waals surface area contributed by atoms with Crippen molar-refractivity contribution in [2.45, 2.75) is 19.5 Å². The van der Waals surface area contributed by atoms with Crippen LogP contribution in [0.15, 0.2) is 47.2 Å². The van der Waals surface area contributed by atoms with Gasteiger partial charge in [-0.1, -0.05) is 28.1 Å². The van der Waals surface area contributed by atoms with Crippen molar-refractivity contribution in [3.8, 4) is 0 Å². The first-order valence-electron chi connectivity index (χ1n) is 5.36. The molecule has 2 aromatic rings. The maximum atomic E-state index is 3.49. The lowest BCUT2D eigenvalue weighted by Crippen LogP contribution is -2.17. The van der Waals surface area contributed by atoms with Crippen LogP contribution in [0.25, 0.3) is 0 Å². The Morgan fingerprint density at radius 3 is 2.94 bits per heavy atom. The molecule has 0 spiro atoms. The summed E-state index contributed by atoms with van der Waals surface area (Å²) in [5, 5.41) is 3.49. The van der Waals surface area contributed by atoms with Crippen LogP contribution in [0.3, 0.4) is 0 Å². The van der Waals surface area contributed by atoms with Crippen molar-refractivity contribution in [3.63, 3.8) is 0 Å². The highest BCUT2D eigenvalue weighted by atomic mass is 79.9. The molecule has 0 amide bonds. The smallest absolute Gasteiger partial charge is 0.0295 e. The lowest BCUT2D eigenvalue weighted by molar-refractivity contribution is 0.575. The molecular formula is C13H15BrN2. The fourth-order valence-electron chi connectivity index (χ4n) is 1.63. The highest BCUT2D eigenvalue weighted by Gasteiger charge is 2.04. The molecule has 0 aliphatic carbocycles. The molecule has 1 heterocycles. The summed E-state index contributed by atoms with van der Waals surface area (Å²) in [5.74, 6) is 0. The zero-order chi connectivity index (χ0) is 11.4. The third-order valence-corrected chi connectivity index (χ3v) is 3.12. The summed E-state index contributed by atoms with van der Waals surface area (Å²) >= 11 is 3.49. The molecule has 2 nitrogen and oxygen atoms in total. The molecule has 0 fully saturated rings. The van der Waals surface area contributed by atoms with Crippen molar-refractivity contribution in [2.24, 2.45) is 0 Å². The largest absolute Gasteiger partial charge is 0.367 e. The zero-order valence-electron chi connectivity index (χ0n) is 9.20. The van der Waals surface area contributed by atoms with Crippen LogP contribution in [0.2, 0.25) is 0 Å². The van der Waals surface area contributed by atoms with E-state index in [-0.39, 0.29) is 0 Å². The Balaban J connectivity index is 1.95. The summed E-state index contributed by atoms with van der Waals surface area (Å²) in [6.07, 6.45) is 3.96. The number of aromatic nitrogens is 1. The number of H-pyrrole nitrogens is 1. The van der Waals surface area contributed by atoms with Crippen molar-refractivity contribution in [1.82, 2.24) is 10.3 Å². The van der Waals surface area contributed by atoms with Crippen LogP contribution in [-0.4, -0.2) is 4.98 Å². The van der Waals surface area contributed by atoms with Crippen LogP contribution in [0.4, 0.5) is 0 Å². The first-order valence-corrected chi connectivity index (χ1v) is 6.15. The molecule has 84 valence electrons. The second-order valence-corrected chi connectivity index (χ2v) is 4.79. The monoisotopic (exact) mass is 278 g/mol. The normalized spacial score (nSPS) is 12.6. The van der Waals surface area contributed by atoms with Crippen molar-refractivity contribution < 1.29 is 0 Å². The van der Waals surface area contributed by atoms with E-state index < -0.39 is 0 Å². The summed E-state index contributed by atoms with van der Waals surface area (Å²) in [6, 6.07) is 10.8. The fraction of sp³-hybridized carbons (Fsp3) is 0.231. The number of aromatic amines is 1. The Morgan fingerprint density at radius 2 is 2.25 bits per heavy atom. The first kappa shape index (κ1) is 11.4. The fourth-order valence-corrected chi connectivity index (χ4v) is 2.05. The number of halogens is 1. The highest BCUT2D eigenvalue weighted by Crippen LogP contribution is 2.18. The molecule has 3 heteroatoms. The van der Waals surface area contributed by atoms with Crippen LogP contribution in [0, 0.1) is 0 Å². The SMILES string of the molecule is C[C@@H](NCc1cc[nH]c1)c1cccc(Br)c1. The van der Waals surface area contributed by atoms with Crippen molar-refractivity contribution >= 4 is 15.9 Å². The van der Waals surface area contributed by atoms with Gasteiger partial charge in [0.25, 0.3) is 0 Å². The Labute approximate surface area is 104 Å². The third kappa shape index (κ3) is 2.97. The van der Waals surface area contributed by atoms with E-state index in [1.54, 1.807) is 0 Å². The van der Waals surface area contributed by atoms with E-state index in [0.29, 0.717) is 6.04 Å². The molecule has 0 radical (unpaired) electrons. The van der Waals surface area contributed by atoms with Gasteiger partial charge in [-0.2, -0.15) is 0 Å². The van der Waals surface area contributed by atoms with Crippen LogP contribution < -0.4 is 5.32 Å². The Hall–Kier alpha value is -1.06. The standard InChI is InChI=1S/C13H15BrN2/c1-10(12-3-2-4-13(14)7-12)16-9-11-5-6-15-8-11/h2-8,10,15-16H,9H2,1H3/t10-/m1/s1. The molecule has 16 heavy (non-hydrogen) atoms. The van der Waals surface area contributed by atoms with Crippen LogP contribution in [-0.2, 0) is 6.54 Å².